The zero-order valence-corrected chi connectivity index (χ0v) is 9.59. The molecule has 0 bridgehead atoms. The van der Waals surface area contributed by atoms with Gasteiger partial charge in [-0.15, -0.1) is 0 Å². The second-order valence-electron chi connectivity index (χ2n) is 3.12. The van der Waals surface area contributed by atoms with Crippen molar-refractivity contribution in [3.8, 4) is 5.75 Å². The molecule has 16 heavy (non-hydrogen) atoms. The van der Waals surface area contributed by atoms with Gasteiger partial charge in [0.1, 0.15) is 5.75 Å². The van der Waals surface area contributed by atoms with Crippen LogP contribution >= 0.6 is 0 Å². The highest BCUT2D eigenvalue weighted by molar-refractivity contribution is 5.47. The fourth-order valence-corrected chi connectivity index (χ4v) is 1.31. The Bertz CT molecular complexity index is 424. The maximum atomic E-state index is 9.54. The number of hydrogen-bond donors (Lipinski definition) is 2. The summed E-state index contributed by atoms with van der Waals surface area (Å²) in [5, 5.41) is 9.54. The Morgan fingerprint density at radius 2 is 2.12 bits per heavy atom. The highest BCUT2D eigenvalue weighted by Crippen LogP contribution is 2.20. The lowest BCUT2D eigenvalue weighted by Crippen LogP contribution is -1.97. The minimum Gasteiger partial charge on any atom is -0.508 e. The lowest BCUT2D eigenvalue weighted by molar-refractivity contribution is 0.466. The van der Waals surface area contributed by atoms with Crippen molar-refractivity contribution in [2.75, 3.05) is 5.73 Å². The molecule has 4 nitrogen and oxygen atoms in total. The molecule has 1 heterocycles. The monoisotopic (exact) mass is 219 g/mol. The number of aromatic hydroxyl groups is 1. The van der Waals surface area contributed by atoms with Gasteiger partial charge in [-0.05, 0) is 18.2 Å². The molecule has 0 aliphatic heterocycles. The van der Waals surface area contributed by atoms with E-state index in [1.807, 2.05) is 24.6 Å². The van der Waals surface area contributed by atoms with Gasteiger partial charge in [0.15, 0.2) is 0 Å². The van der Waals surface area contributed by atoms with E-state index in [1.54, 1.807) is 30.7 Å². The van der Waals surface area contributed by atoms with E-state index < -0.39 is 0 Å². The van der Waals surface area contributed by atoms with Crippen LogP contribution in [-0.2, 0) is 6.54 Å². The van der Waals surface area contributed by atoms with E-state index in [2.05, 4.69) is 4.98 Å². The molecule has 3 N–H and O–H groups in total. The van der Waals surface area contributed by atoms with Crippen molar-refractivity contribution >= 4 is 5.69 Å². The number of rotatable bonds is 2. The molecule has 0 spiro atoms. The average Bonchev–Trinajstić information content (AvgIpc) is 2.79. The number of aromatic nitrogens is 2. The quantitative estimate of drug-likeness (QED) is 0.601. The third kappa shape index (κ3) is 3.02. The van der Waals surface area contributed by atoms with Crippen molar-refractivity contribution in [3.63, 3.8) is 0 Å². The van der Waals surface area contributed by atoms with E-state index in [4.69, 9.17) is 5.73 Å². The van der Waals surface area contributed by atoms with Crippen LogP contribution in [0.4, 0.5) is 5.69 Å². The van der Waals surface area contributed by atoms with Gasteiger partial charge in [0, 0.05) is 23.6 Å². The number of hydrogen-bond acceptors (Lipinski definition) is 3. The van der Waals surface area contributed by atoms with Crippen LogP contribution in [-0.4, -0.2) is 14.7 Å². The standard InChI is InChI=1S/C10H11N3O.C2H6/c11-9-1-2-10(14)8(5-9)6-13-4-3-12-7-13;1-2/h1-5,7,14H,6,11H2;1-2H3. The molecular formula is C12H17N3O. The molecule has 4 heteroatoms. The first-order valence-electron chi connectivity index (χ1n) is 5.29. The second kappa shape index (κ2) is 5.80. The van der Waals surface area contributed by atoms with E-state index in [1.165, 1.54) is 0 Å². The Balaban J connectivity index is 0.000000606. The third-order valence-electron chi connectivity index (χ3n) is 2.02. The second-order valence-corrected chi connectivity index (χ2v) is 3.12. The normalized spacial score (nSPS) is 9.38. The first-order chi connectivity index (χ1) is 7.75. The minimum atomic E-state index is 0.257. The fraction of sp³-hybridized carbons (Fsp3) is 0.250. The van der Waals surface area contributed by atoms with Crippen LogP contribution in [0.2, 0.25) is 0 Å². The average molecular weight is 219 g/mol. The number of phenolic OH excluding ortho intramolecular Hbond substituents is 1. The molecule has 1 aromatic heterocycles. The number of nitrogen functional groups attached to an aromatic ring is 1. The molecule has 2 rings (SSSR count). The lowest BCUT2D eigenvalue weighted by atomic mass is 10.2. The van der Waals surface area contributed by atoms with Crippen LogP contribution in [0.25, 0.3) is 0 Å². The van der Waals surface area contributed by atoms with Crippen LogP contribution in [0.1, 0.15) is 19.4 Å². The summed E-state index contributed by atoms with van der Waals surface area (Å²) in [5.74, 6) is 0.257. The van der Waals surface area contributed by atoms with Crippen molar-refractivity contribution in [2.24, 2.45) is 0 Å². The van der Waals surface area contributed by atoms with Gasteiger partial charge in [-0.1, -0.05) is 13.8 Å². The number of benzene rings is 1. The van der Waals surface area contributed by atoms with Crippen LogP contribution in [0.3, 0.4) is 0 Å². The first kappa shape index (κ1) is 12.1. The number of nitrogens with two attached hydrogens (primary N) is 1. The molecule has 0 saturated carbocycles. The molecule has 0 unspecified atom stereocenters. The summed E-state index contributed by atoms with van der Waals surface area (Å²) in [7, 11) is 0. The molecule has 86 valence electrons. The van der Waals surface area contributed by atoms with Gasteiger partial charge in [0.05, 0.1) is 12.9 Å². The van der Waals surface area contributed by atoms with Gasteiger partial charge >= 0.3 is 0 Å². The summed E-state index contributed by atoms with van der Waals surface area (Å²) in [6.07, 6.45) is 5.23. The van der Waals surface area contributed by atoms with Crippen molar-refractivity contribution in [1.29, 1.82) is 0 Å². The van der Waals surface area contributed by atoms with Crippen LogP contribution in [0.15, 0.2) is 36.9 Å². The van der Waals surface area contributed by atoms with Gasteiger partial charge in [-0.3, -0.25) is 0 Å². The summed E-state index contributed by atoms with van der Waals surface area (Å²) in [6, 6.07) is 5.03. The number of phenols is 1. The maximum Gasteiger partial charge on any atom is 0.120 e. The topological polar surface area (TPSA) is 64.1 Å². The highest BCUT2D eigenvalue weighted by Gasteiger charge is 2.01. The molecule has 1 aromatic carbocycles. The van der Waals surface area contributed by atoms with Crippen molar-refractivity contribution in [3.05, 3.63) is 42.5 Å². The first-order valence-corrected chi connectivity index (χ1v) is 5.29. The lowest BCUT2D eigenvalue weighted by Gasteiger charge is -2.05. The Kier molecular flexibility index (Phi) is 4.39. The zero-order valence-electron chi connectivity index (χ0n) is 9.59. The largest absolute Gasteiger partial charge is 0.508 e. The molecule has 0 amide bonds. The molecule has 0 saturated heterocycles. The molecule has 0 aliphatic rings. The van der Waals surface area contributed by atoms with E-state index in [9.17, 15) is 5.11 Å². The number of imidazole rings is 1. The predicted molar refractivity (Wildman–Crippen MR) is 65.2 cm³/mol. The van der Waals surface area contributed by atoms with Crippen LogP contribution in [0, 0.1) is 0 Å². The highest BCUT2D eigenvalue weighted by atomic mass is 16.3. The van der Waals surface area contributed by atoms with Gasteiger partial charge < -0.3 is 15.4 Å². The third-order valence-corrected chi connectivity index (χ3v) is 2.02. The molecule has 2 aromatic rings. The van der Waals surface area contributed by atoms with Crippen molar-refractivity contribution < 1.29 is 5.11 Å². The van der Waals surface area contributed by atoms with Gasteiger partial charge in [0.25, 0.3) is 0 Å². The zero-order chi connectivity index (χ0) is 12.0. The number of nitrogens with zero attached hydrogens (tertiary/aromatic N) is 2. The van der Waals surface area contributed by atoms with Crippen molar-refractivity contribution in [1.82, 2.24) is 9.55 Å². The van der Waals surface area contributed by atoms with E-state index in [-0.39, 0.29) is 5.75 Å². The van der Waals surface area contributed by atoms with E-state index in [0.29, 0.717) is 12.2 Å². The predicted octanol–water partition coefficient (Wildman–Crippen LogP) is 2.25. The summed E-state index contributed by atoms with van der Waals surface area (Å²) < 4.78 is 1.87. The van der Waals surface area contributed by atoms with E-state index in [0.717, 1.165) is 5.56 Å². The Labute approximate surface area is 95.4 Å². The van der Waals surface area contributed by atoms with Gasteiger partial charge in [0.2, 0.25) is 0 Å². The summed E-state index contributed by atoms with van der Waals surface area (Å²) in [6.45, 7) is 4.58. The van der Waals surface area contributed by atoms with Gasteiger partial charge in [-0.2, -0.15) is 0 Å². The van der Waals surface area contributed by atoms with Crippen molar-refractivity contribution in [2.45, 2.75) is 20.4 Å². The molecule has 0 fully saturated rings. The SMILES string of the molecule is CC.Nc1ccc(O)c(Cn2ccnc2)c1. The number of anilines is 1. The molecule has 0 atom stereocenters. The Morgan fingerprint density at radius 1 is 1.38 bits per heavy atom. The summed E-state index contributed by atoms with van der Waals surface area (Å²) in [4.78, 5) is 3.92. The summed E-state index contributed by atoms with van der Waals surface area (Å²) >= 11 is 0. The van der Waals surface area contributed by atoms with E-state index >= 15 is 0 Å². The molecule has 0 radical (unpaired) electrons. The minimum absolute atomic E-state index is 0.257. The Morgan fingerprint density at radius 3 is 2.75 bits per heavy atom. The smallest absolute Gasteiger partial charge is 0.120 e. The molecule has 0 aliphatic carbocycles. The molecular weight excluding hydrogens is 202 g/mol. The van der Waals surface area contributed by atoms with Crippen LogP contribution in [0.5, 0.6) is 5.75 Å². The van der Waals surface area contributed by atoms with Gasteiger partial charge in [-0.25, -0.2) is 4.98 Å². The Hall–Kier alpha value is -1.97. The fourth-order valence-electron chi connectivity index (χ4n) is 1.31. The summed E-state index contributed by atoms with van der Waals surface area (Å²) in [5.41, 5.74) is 7.07. The van der Waals surface area contributed by atoms with Crippen LogP contribution < -0.4 is 5.73 Å². The maximum absolute atomic E-state index is 9.54.